The molecule has 2 amide bonds. The molecule has 1 saturated carbocycles. The Bertz CT molecular complexity index is 360. The number of nitrogens with one attached hydrogen (secondary N) is 2. The van der Waals surface area contributed by atoms with Gasteiger partial charge in [0.15, 0.2) is 0 Å². The van der Waals surface area contributed by atoms with Crippen molar-refractivity contribution in [3.05, 3.63) is 0 Å². The number of aliphatic carboxylic acids is 2. The van der Waals surface area contributed by atoms with Gasteiger partial charge < -0.3 is 20.8 Å². The molecular formula is C12H20N2O5. The van der Waals surface area contributed by atoms with Gasteiger partial charge in [-0.3, -0.25) is 4.79 Å². The van der Waals surface area contributed by atoms with Gasteiger partial charge in [0.25, 0.3) is 0 Å². The highest BCUT2D eigenvalue weighted by atomic mass is 16.4. The predicted octanol–water partition coefficient (Wildman–Crippen LogP) is 0.936. The number of rotatable bonds is 7. The fourth-order valence-electron chi connectivity index (χ4n) is 2.13. The second-order valence-corrected chi connectivity index (χ2v) is 4.91. The first-order valence-electron chi connectivity index (χ1n) is 6.42. The van der Waals surface area contributed by atoms with Crippen molar-refractivity contribution in [1.82, 2.24) is 10.6 Å². The number of amides is 2. The first-order chi connectivity index (χ1) is 8.88. The molecule has 0 bridgehead atoms. The summed E-state index contributed by atoms with van der Waals surface area (Å²) in [6.45, 7) is 1.97. The molecule has 1 fully saturated rings. The molecule has 0 aromatic rings. The Balaban J connectivity index is 2.47. The molecule has 0 aliphatic heterocycles. The third-order valence-electron chi connectivity index (χ3n) is 3.62. The minimum Gasteiger partial charge on any atom is -0.481 e. The van der Waals surface area contributed by atoms with Crippen LogP contribution in [0.2, 0.25) is 0 Å². The smallest absolute Gasteiger partial charge is 0.326 e. The Morgan fingerprint density at radius 3 is 2.26 bits per heavy atom. The van der Waals surface area contributed by atoms with E-state index in [-0.39, 0.29) is 18.4 Å². The van der Waals surface area contributed by atoms with Crippen molar-refractivity contribution in [2.75, 3.05) is 0 Å². The molecule has 1 aliphatic rings. The first-order valence-corrected chi connectivity index (χ1v) is 6.42. The highest BCUT2D eigenvalue weighted by Crippen LogP contribution is 2.34. The number of carbonyl (C=O) groups is 3. The number of hydrogen-bond donors (Lipinski definition) is 4. The van der Waals surface area contributed by atoms with Crippen LogP contribution in [0.25, 0.3) is 0 Å². The third kappa shape index (κ3) is 4.42. The van der Waals surface area contributed by atoms with Gasteiger partial charge in [0, 0.05) is 12.0 Å². The monoisotopic (exact) mass is 272 g/mol. The van der Waals surface area contributed by atoms with Crippen molar-refractivity contribution in [3.8, 4) is 0 Å². The van der Waals surface area contributed by atoms with Gasteiger partial charge in [-0.05, 0) is 32.1 Å². The van der Waals surface area contributed by atoms with Gasteiger partial charge >= 0.3 is 18.0 Å². The van der Waals surface area contributed by atoms with Crippen molar-refractivity contribution in [2.45, 2.75) is 57.0 Å². The van der Waals surface area contributed by atoms with E-state index in [0.29, 0.717) is 0 Å². The average Bonchev–Trinajstić information content (AvgIpc) is 2.28. The molecule has 0 aromatic heterocycles. The Hall–Kier alpha value is -1.79. The summed E-state index contributed by atoms with van der Waals surface area (Å²) in [5, 5.41) is 22.6. The van der Waals surface area contributed by atoms with Gasteiger partial charge in [-0.25, -0.2) is 9.59 Å². The molecule has 0 radical (unpaired) electrons. The maximum Gasteiger partial charge on any atom is 0.326 e. The molecular weight excluding hydrogens is 252 g/mol. The van der Waals surface area contributed by atoms with Crippen LogP contribution in [-0.2, 0) is 9.59 Å². The van der Waals surface area contributed by atoms with Crippen molar-refractivity contribution >= 4 is 18.0 Å². The summed E-state index contributed by atoms with van der Waals surface area (Å²) >= 11 is 0. The van der Waals surface area contributed by atoms with E-state index in [2.05, 4.69) is 10.6 Å². The second-order valence-electron chi connectivity index (χ2n) is 4.91. The first kappa shape index (κ1) is 15.3. The molecule has 1 unspecified atom stereocenters. The zero-order chi connectivity index (χ0) is 14.5. The van der Waals surface area contributed by atoms with E-state index in [1.165, 1.54) is 0 Å². The maximum atomic E-state index is 11.7. The summed E-state index contributed by atoms with van der Waals surface area (Å²) in [6, 6.07) is -1.72. The summed E-state index contributed by atoms with van der Waals surface area (Å²) in [5.74, 6) is -2.31. The Morgan fingerprint density at radius 1 is 1.26 bits per heavy atom. The highest BCUT2D eigenvalue weighted by Gasteiger charge is 2.37. The molecule has 1 rings (SSSR count). The van der Waals surface area contributed by atoms with Crippen LogP contribution in [0, 0.1) is 0 Å². The molecule has 19 heavy (non-hydrogen) atoms. The Labute approximate surface area is 111 Å². The van der Waals surface area contributed by atoms with E-state index in [9.17, 15) is 14.4 Å². The molecule has 0 heterocycles. The molecule has 1 aliphatic carbocycles. The lowest BCUT2D eigenvalue weighted by Gasteiger charge is -2.42. The predicted molar refractivity (Wildman–Crippen MR) is 66.8 cm³/mol. The van der Waals surface area contributed by atoms with Crippen molar-refractivity contribution in [1.29, 1.82) is 0 Å². The lowest BCUT2D eigenvalue weighted by molar-refractivity contribution is -0.140. The van der Waals surface area contributed by atoms with E-state index < -0.39 is 24.0 Å². The summed E-state index contributed by atoms with van der Waals surface area (Å²) in [4.78, 5) is 33.1. The standard InChI is InChI=1S/C12H20N2O5/c1-2-12(6-3-7-12)14-11(19)13-8(10(17)18)4-5-9(15)16/h8H,2-7H2,1H3,(H,15,16)(H,17,18)(H2,13,14,19). The van der Waals surface area contributed by atoms with E-state index in [0.717, 1.165) is 25.7 Å². The van der Waals surface area contributed by atoms with Crippen molar-refractivity contribution in [3.63, 3.8) is 0 Å². The number of carbonyl (C=O) groups excluding carboxylic acids is 1. The van der Waals surface area contributed by atoms with E-state index in [1.807, 2.05) is 6.92 Å². The molecule has 0 saturated heterocycles. The van der Waals surface area contributed by atoms with Gasteiger partial charge in [0.05, 0.1) is 0 Å². The van der Waals surface area contributed by atoms with Crippen LogP contribution in [-0.4, -0.2) is 39.8 Å². The van der Waals surface area contributed by atoms with E-state index in [1.54, 1.807) is 0 Å². The number of carboxylic acid groups (broad SMARTS) is 2. The molecule has 108 valence electrons. The quantitative estimate of drug-likeness (QED) is 0.550. The van der Waals surface area contributed by atoms with Crippen LogP contribution in [0.4, 0.5) is 4.79 Å². The van der Waals surface area contributed by atoms with Gasteiger partial charge in [-0.1, -0.05) is 6.92 Å². The Kier molecular flexibility index (Phi) is 5.14. The number of carboxylic acids is 2. The Morgan fingerprint density at radius 2 is 1.89 bits per heavy atom. The largest absolute Gasteiger partial charge is 0.481 e. The van der Waals surface area contributed by atoms with Crippen LogP contribution in [0.3, 0.4) is 0 Å². The minimum atomic E-state index is -1.23. The lowest BCUT2D eigenvalue weighted by Crippen LogP contribution is -2.58. The van der Waals surface area contributed by atoms with Gasteiger partial charge in [0.2, 0.25) is 0 Å². The van der Waals surface area contributed by atoms with Crippen LogP contribution >= 0.6 is 0 Å². The second kappa shape index (κ2) is 6.40. The molecule has 0 spiro atoms. The summed E-state index contributed by atoms with van der Waals surface area (Å²) in [6.07, 6.45) is 3.21. The minimum absolute atomic E-state index is 0.128. The van der Waals surface area contributed by atoms with Gasteiger partial charge in [-0.2, -0.15) is 0 Å². The van der Waals surface area contributed by atoms with Crippen molar-refractivity contribution < 1.29 is 24.6 Å². The normalized spacial score (nSPS) is 17.9. The topological polar surface area (TPSA) is 116 Å². The van der Waals surface area contributed by atoms with E-state index in [4.69, 9.17) is 10.2 Å². The molecule has 7 nitrogen and oxygen atoms in total. The van der Waals surface area contributed by atoms with Gasteiger partial charge in [-0.15, -0.1) is 0 Å². The van der Waals surface area contributed by atoms with Crippen LogP contribution in [0.1, 0.15) is 45.4 Å². The molecule has 4 N–H and O–H groups in total. The number of hydrogen-bond acceptors (Lipinski definition) is 3. The van der Waals surface area contributed by atoms with E-state index >= 15 is 0 Å². The van der Waals surface area contributed by atoms with Crippen LogP contribution < -0.4 is 10.6 Å². The van der Waals surface area contributed by atoms with Crippen LogP contribution in [0.5, 0.6) is 0 Å². The lowest BCUT2D eigenvalue weighted by atomic mass is 9.75. The third-order valence-corrected chi connectivity index (χ3v) is 3.62. The van der Waals surface area contributed by atoms with Crippen LogP contribution in [0.15, 0.2) is 0 Å². The zero-order valence-corrected chi connectivity index (χ0v) is 10.9. The molecule has 1 atom stereocenters. The fourth-order valence-corrected chi connectivity index (χ4v) is 2.13. The fraction of sp³-hybridized carbons (Fsp3) is 0.750. The maximum absolute atomic E-state index is 11.7. The summed E-state index contributed by atoms with van der Waals surface area (Å²) in [7, 11) is 0. The van der Waals surface area contributed by atoms with Gasteiger partial charge in [0.1, 0.15) is 6.04 Å². The highest BCUT2D eigenvalue weighted by molar-refractivity contribution is 5.83. The molecule has 7 heteroatoms. The summed E-state index contributed by atoms with van der Waals surface area (Å²) in [5.41, 5.74) is -0.222. The zero-order valence-electron chi connectivity index (χ0n) is 10.9. The number of urea groups is 1. The molecule has 0 aromatic carbocycles. The van der Waals surface area contributed by atoms with Crippen molar-refractivity contribution in [2.24, 2.45) is 0 Å². The average molecular weight is 272 g/mol. The summed E-state index contributed by atoms with van der Waals surface area (Å²) < 4.78 is 0. The SMILES string of the molecule is CCC1(NC(=O)NC(CCC(=O)O)C(=O)O)CCC1.